The molecule has 8 heteroatoms. The smallest absolute Gasteiger partial charge is 0.306 e. The molecule has 0 radical (unpaired) electrons. The first-order valence-electron chi connectivity index (χ1n) is 7.68. The molecule has 0 aliphatic rings. The number of likely N-dealkylation sites (N-methyl/N-ethyl adjacent to an activating group) is 1. The van der Waals surface area contributed by atoms with E-state index in [1.54, 1.807) is 34.7 Å². The SMILES string of the molecule is CN(C)CCNc1cc(C(F)(F)F)c(C#N)c2[nH]c3ccccc3[n+]12. The van der Waals surface area contributed by atoms with Crippen molar-refractivity contribution in [3.63, 3.8) is 0 Å². The van der Waals surface area contributed by atoms with Crippen molar-refractivity contribution in [1.82, 2.24) is 9.88 Å². The van der Waals surface area contributed by atoms with Gasteiger partial charge in [-0.3, -0.25) is 4.98 Å². The molecule has 0 saturated carbocycles. The molecule has 0 unspecified atom stereocenters. The van der Waals surface area contributed by atoms with E-state index in [4.69, 9.17) is 0 Å². The highest BCUT2D eigenvalue weighted by atomic mass is 19.4. The van der Waals surface area contributed by atoms with E-state index < -0.39 is 17.3 Å². The van der Waals surface area contributed by atoms with E-state index in [0.717, 1.165) is 6.07 Å². The highest BCUT2D eigenvalue weighted by Gasteiger charge is 2.38. The van der Waals surface area contributed by atoms with Gasteiger partial charge in [0.15, 0.2) is 0 Å². The van der Waals surface area contributed by atoms with Gasteiger partial charge in [-0.05, 0) is 26.2 Å². The van der Waals surface area contributed by atoms with Gasteiger partial charge in [0, 0.05) is 12.6 Å². The third-order valence-corrected chi connectivity index (χ3v) is 3.93. The first-order valence-corrected chi connectivity index (χ1v) is 7.68. The summed E-state index contributed by atoms with van der Waals surface area (Å²) >= 11 is 0. The number of rotatable bonds is 4. The van der Waals surface area contributed by atoms with Gasteiger partial charge in [0.2, 0.25) is 5.82 Å². The lowest BCUT2D eigenvalue weighted by molar-refractivity contribution is -0.465. The molecule has 0 fully saturated rings. The van der Waals surface area contributed by atoms with Gasteiger partial charge in [0.1, 0.15) is 22.7 Å². The second-order valence-electron chi connectivity index (χ2n) is 5.98. The van der Waals surface area contributed by atoms with Crippen LogP contribution < -0.4 is 9.72 Å². The Kier molecular flexibility index (Phi) is 4.27. The molecule has 3 rings (SSSR count). The summed E-state index contributed by atoms with van der Waals surface area (Å²) < 4.78 is 41.9. The normalized spacial score (nSPS) is 12.0. The Balaban J connectivity index is 2.29. The summed E-state index contributed by atoms with van der Waals surface area (Å²) in [4.78, 5) is 4.87. The van der Waals surface area contributed by atoms with Crippen molar-refractivity contribution in [3.8, 4) is 6.07 Å². The average Bonchev–Trinajstić information content (AvgIpc) is 2.92. The molecule has 0 aliphatic heterocycles. The first kappa shape index (κ1) is 17.0. The van der Waals surface area contributed by atoms with Crippen LogP contribution in [0.2, 0.25) is 0 Å². The van der Waals surface area contributed by atoms with Crippen LogP contribution in [0.3, 0.4) is 0 Å². The third-order valence-electron chi connectivity index (χ3n) is 3.93. The molecule has 0 saturated heterocycles. The van der Waals surface area contributed by atoms with Gasteiger partial charge in [0.25, 0.3) is 5.65 Å². The van der Waals surface area contributed by atoms with Gasteiger partial charge in [-0.25, -0.2) is 0 Å². The summed E-state index contributed by atoms with van der Waals surface area (Å²) in [5, 5.41) is 12.4. The Morgan fingerprint density at radius 2 is 2.00 bits per heavy atom. The van der Waals surface area contributed by atoms with E-state index in [9.17, 15) is 18.4 Å². The minimum absolute atomic E-state index is 0.130. The Morgan fingerprint density at radius 1 is 1.28 bits per heavy atom. The summed E-state index contributed by atoms with van der Waals surface area (Å²) in [7, 11) is 3.77. The molecule has 130 valence electrons. The number of aromatic amines is 1. The molecule has 2 heterocycles. The topological polar surface area (TPSA) is 59.0 Å². The maximum atomic E-state index is 13.4. The molecule has 0 bridgehead atoms. The number of H-pyrrole nitrogens is 1. The molecule has 0 spiro atoms. The lowest BCUT2D eigenvalue weighted by Gasteiger charge is -2.12. The molecular weight excluding hydrogens is 331 g/mol. The van der Waals surface area contributed by atoms with Crippen molar-refractivity contribution < 1.29 is 17.6 Å². The van der Waals surface area contributed by atoms with E-state index in [-0.39, 0.29) is 5.65 Å². The molecule has 1 aromatic carbocycles. The van der Waals surface area contributed by atoms with E-state index in [2.05, 4.69) is 10.3 Å². The number of nitriles is 1. The fourth-order valence-electron chi connectivity index (χ4n) is 2.78. The Morgan fingerprint density at radius 3 is 2.64 bits per heavy atom. The van der Waals surface area contributed by atoms with Gasteiger partial charge in [-0.1, -0.05) is 12.1 Å². The van der Waals surface area contributed by atoms with Crippen LogP contribution in [0, 0.1) is 11.3 Å². The third kappa shape index (κ3) is 3.10. The summed E-state index contributed by atoms with van der Waals surface area (Å²) in [6.45, 7) is 1.13. The average molecular weight is 348 g/mol. The molecule has 2 aromatic heterocycles. The first-order chi connectivity index (χ1) is 11.8. The van der Waals surface area contributed by atoms with Crippen molar-refractivity contribution in [1.29, 1.82) is 5.26 Å². The van der Waals surface area contributed by atoms with Crippen molar-refractivity contribution >= 4 is 22.5 Å². The molecule has 3 aromatic rings. The van der Waals surface area contributed by atoms with Crippen LogP contribution in [0.25, 0.3) is 16.7 Å². The van der Waals surface area contributed by atoms with Crippen molar-refractivity contribution in [2.24, 2.45) is 0 Å². The summed E-state index contributed by atoms with van der Waals surface area (Å²) in [6, 6.07) is 9.85. The van der Waals surface area contributed by atoms with Crippen LogP contribution in [0.4, 0.5) is 19.0 Å². The fraction of sp³-hybridized carbons (Fsp3) is 0.294. The largest absolute Gasteiger partial charge is 0.418 e. The number of hydrogen-bond acceptors (Lipinski definition) is 3. The summed E-state index contributed by atoms with van der Waals surface area (Å²) in [5.41, 5.74) is 0.130. The number of fused-ring (bicyclic) bond motifs is 3. The standard InChI is InChI=1S/C17H16F3N5/c1-24(2)8-7-22-15-9-12(17(18,19)20)11(10-21)16-23-13-5-3-4-6-14(13)25(15)16/h3-6,9H,7-8H2,1-2H3,(H,22,23)/p+1. The van der Waals surface area contributed by atoms with Crippen LogP contribution >= 0.6 is 0 Å². The number of aromatic nitrogens is 2. The van der Waals surface area contributed by atoms with Gasteiger partial charge < -0.3 is 10.2 Å². The predicted molar refractivity (Wildman–Crippen MR) is 88.2 cm³/mol. The highest BCUT2D eigenvalue weighted by Crippen LogP contribution is 2.34. The Bertz CT molecular complexity index is 966. The van der Waals surface area contributed by atoms with Crippen LogP contribution in [0.5, 0.6) is 0 Å². The Hall–Kier alpha value is -2.79. The number of hydrogen-bond donors (Lipinski definition) is 2. The minimum Gasteiger partial charge on any atom is -0.306 e. The quantitative estimate of drug-likeness (QED) is 0.713. The van der Waals surface area contributed by atoms with Crippen molar-refractivity contribution in [2.45, 2.75) is 6.18 Å². The maximum absolute atomic E-state index is 13.4. The van der Waals surface area contributed by atoms with Gasteiger partial charge in [-0.15, -0.1) is 0 Å². The number of pyridine rings is 1. The highest BCUT2D eigenvalue weighted by molar-refractivity contribution is 5.77. The summed E-state index contributed by atoms with van der Waals surface area (Å²) in [5.74, 6) is 0.292. The number of anilines is 1. The zero-order valence-electron chi connectivity index (χ0n) is 13.8. The van der Waals surface area contributed by atoms with Gasteiger partial charge in [-0.2, -0.15) is 22.8 Å². The number of alkyl halides is 3. The number of nitrogens with one attached hydrogen (secondary N) is 2. The number of halogens is 3. The molecular formula is C17H17F3N5+. The molecule has 2 N–H and O–H groups in total. The Labute approximate surface area is 142 Å². The lowest BCUT2D eigenvalue weighted by atomic mass is 10.1. The van der Waals surface area contributed by atoms with E-state index in [1.165, 1.54) is 0 Å². The molecule has 5 nitrogen and oxygen atoms in total. The van der Waals surface area contributed by atoms with E-state index in [0.29, 0.717) is 29.9 Å². The van der Waals surface area contributed by atoms with Crippen LogP contribution in [-0.2, 0) is 6.18 Å². The van der Waals surface area contributed by atoms with E-state index >= 15 is 0 Å². The van der Waals surface area contributed by atoms with Crippen molar-refractivity contribution in [3.05, 3.63) is 41.5 Å². The lowest BCUT2D eigenvalue weighted by Crippen LogP contribution is -2.31. The molecule has 0 atom stereocenters. The molecule has 0 amide bonds. The van der Waals surface area contributed by atoms with Crippen LogP contribution in [-0.4, -0.2) is 37.1 Å². The van der Waals surface area contributed by atoms with Crippen molar-refractivity contribution in [2.75, 3.05) is 32.5 Å². The second kappa shape index (κ2) is 6.26. The second-order valence-corrected chi connectivity index (χ2v) is 5.98. The van der Waals surface area contributed by atoms with Crippen LogP contribution in [0.1, 0.15) is 11.1 Å². The maximum Gasteiger partial charge on any atom is 0.418 e. The number of nitrogens with zero attached hydrogens (tertiary/aromatic N) is 3. The monoisotopic (exact) mass is 348 g/mol. The number of imidazole rings is 1. The van der Waals surface area contributed by atoms with Gasteiger partial charge in [0.05, 0.1) is 12.1 Å². The number of para-hydroxylation sites is 2. The van der Waals surface area contributed by atoms with E-state index in [1.807, 2.05) is 19.0 Å². The molecule has 0 aliphatic carbocycles. The molecule has 25 heavy (non-hydrogen) atoms. The zero-order chi connectivity index (χ0) is 18.2. The zero-order valence-corrected chi connectivity index (χ0v) is 13.8. The summed E-state index contributed by atoms with van der Waals surface area (Å²) in [6.07, 6.45) is -4.62. The van der Waals surface area contributed by atoms with Gasteiger partial charge >= 0.3 is 6.18 Å². The predicted octanol–water partition coefficient (Wildman–Crippen LogP) is 2.77. The number of benzene rings is 1. The van der Waals surface area contributed by atoms with Crippen LogP contribution in [0.15, 0.2) is 30.3 Å². The minimum atomic E-state index is -4.62. The fourth-order valence-corrected chi connectivity index (χ4v) is 2.78.